The minimum Gasteiger partial charge on any atom is -0.369 e. The molecule has 2 heterocycles. The molecular weight excluding hydrogens is 152 g/mol. The molecule has 2 rings (SSSR count). The molecule has 0 aromatic carbocycles. The number of ether oxygens (including phenoxy) is 1. The molecule has 1 aromatic heterocycles. The summed E-state index contributed by atoms with van der Waals surface area (Å²) >= 11 is 0. The van der Waals surface area contributed by atoms with E-state index in [1.54, 1.807) is 6.20 Å². The highest BCUT2D eigenvalue weighted by Crippen LogP contribution is 2.14. The lowest BCUT2D eigenvalue weighted by molar-refractivity contribution is 0.0250. The van der Waals surface area contributed by atoms with Crippen molar-refractivity contribution in [2.45, 2.75) is 6.08 Å². The van der Waals surface area contributed by atoms with Crippen molar-refractivity contribution in [2.75, 3.05) is 19.7 Å². The van der Waals surface area contributed by atoms with Gasteiger partial charge < -0.3 is 10.1 Å². The van der Waals surface area contributed by atoms with Crippen LogP contribution in [-0.2, 0) is 4.74 Å². The summed E-state index contributed by atoms with van der Waals surface area (Å²) in [6.45, 7) is 1.89. The summed E-state index contributed by atoms with van der Waals surface area (Å²) in [6.07, 6.45) is 0.684. The van der Waals surface area contributed by atoms with Gasteiger partial charge in [0.2, 0.25) is 0 Å². The highest BCUT2D eigenvalue weighted by atomic mass is 16.5. The zero-order valence-corrected chi connectivity index (χ0v) is 6.79. The second-order valence-corrected chi connectivity index (χ2v) is 2.66. The Morgan fingerprint density at radius 2 is 2.67 bits per heavy atom. The molecule has 1 atom stereocenters. The first kappa shape index (κ1) is 6.57. The Hall–Kier alpha value is -0.930. The third-order valence-electron chi connectivity index (χ3n) is 1.79. The Morgan fingerprint density at radius 3 is 3.33 bits per heavy atom. The third kappa shape index (κ3) is 1.62. The quantitative estimate of drug-likeness (QED) is 0.666. The summed E-state index contributed by atoms with van der Waals surface area (Å²) in [5.74, 6) is 0. The number of pyridine rings is 1. The highest BCUT2D eigenvalue weighted by molar-refractivity contribution is 5.07. The Morgan fingerprint density at radius 1 is 1.67 bits per heavy atom. The van der Waals surface area contributed by atoms with Gasteiger partial charge in [0.1, 0.15) is 6.08 Å². The molecule has 1 aliphatic rings. The zero-order valence-electron chi connectivity index (χ0n) is 7.79. The number of nitrogens with zero attached hydrogens (tertiary/aromatic N) is 1. The van der Waals surface area contributed by atoms with Crippen LogP contribution in [0.3, 0.4) is 0 Å². The van der Waals surface area contributed by atoms with Gasteiger partial charge in [-0.3, -0.25) is 4.98 Å². The molecule has 1 fully saturated rings. The first-order valence-corrected chi connectivity index (χ1v) is 4.07. The predicted molar refractivity (Wildman–Crippen MR) is 45.8 cm³/mol. The van der Waals surface area contributed by atoms with E-state index in [0.29, 0.717) is 18.8 Å². The van der Waals surface area contributed by atoms with Crippen LogP contribution < -0.4 is 5.32 Å². The van der Waals surface area contributed by atoms with Crippen LogP contribution in [0.4, 0.5) is 0 Å². The monoisotopic (exact) mass is 165 g/mol. The Balaban J connectivity index is 2.23. The van der Waals surface area contributed by atoms with Crippen LogP contribution in [0.25, 0.3) is 0 Å². The Labute approximate surface area is 73.2 Å². The van der Waals surface area contributed by atoms with Crippen LogP contribution >= 0.6 is 0 Å². The van der Waals surface area contributed by atoms with Gasteiger partial charge in [0.15, 0.2) is 0 Å². The van der Waals surface area contributed by atoms with Gasteiger partial charge >= 0.3 is 0 Å². The maximum absolute atomic E-state index is 8.01. The topological polar surface area (TPSA) is 34.2 Å². The maximum Gasteiger partial charge on any atom is 0.112 e. The molecule has 3 nitrogen and oxygen atoms in total. The summed E-state index contributed by atoms with van der Waals surface area (Å²) < 4.78 is 13.4. The van der Waals surface area contributed by atoms with Crippen molar-refractivity contribution < 1.29 is 6.11 Å². The molecule has 1 unspecified atom stereocenters. The van der Waals surface area contributed by atoms with Crippen LogP contribution in [-0.4, -0.2) is 24.7 Å². The lowest BCUT2D eigenvalue weighted by Crippen LogP contribution is -2.33. The highest BCUT2D eigenvalue weighted by Gasteiger charge is 2.15. The van der Waals surface area contributed by atoms with Gasteiger partial charge in [-0.15, -0.1) is 0 Å². The fourth-order valence-corrected chi connectivity index (χ4v) is 1.19. The van der Waals surface area contributed by atoms with E-state index in [-0.39, 0.29) is 0 Å². The van der Waals surface area contributed by atoms with E-state index in [0.717, 1.165) is 6.54 Å². The average molecular weight is 165 g/mol. The van der Waals surface area contributed by atoms with E-state index in [4.69, 9.17) is 6.11 Å². The summed E-state index contributed by atoms with van der Waals surface area (Å²) in [6, 6.07) is 5.53. The molecule has 1 saturated heterocycles. The van der Waals surface area contributed by atoms with Crippen LogP contribution in [0.2, 0.25) is 0 Å². The van der Waals surface area contributed by atoms with Crippen LogP contribution in [0.1, 0.15) is 13.1 Å². The lowest BCUT2D eigenvalue weighted by Gasteiger charge is -2.22. The van der Waals surface area contributed by atoms with Crippen LogP contribution in [0.5, 0.6) is 0 Å². The molecule has 3 heteroatoms. The van der Waals surface area contributed by atoms with Crippen LogP contribution in [0.15, 0.2) is 24.4 Å². The maximum atomic E-state index is 8.01. The molecule has 0 saturated carbocycles. The molecule has 1 N–H and O–H groups in total. The second kappa shape index (κ2) is 3.65. The van der Waals surface area contributed by atoms with E-state index >= 15 is 0 Å². The van der Waals surface area contributed by atoms with Gasteiger partial charge in [-0.25, -0.2) is 0 Å². The number of aromatic nitrogens is 1. The number of rotatable bonds is 1. The number of hydrogen-bond acceptors (Lipinski definition) is 3. The van der Waals surface area contributed by atoms with Gasteiger partial charge in [-0.1, -0.05) is 6.07 Å². The van der Waals surface area contributed by atoms with Crippen molar-refractivity contribution in [1.29, 1.82) is 0 Å². The number of morpholine rings is 1. The smallest absolute Gasteiger partial charge is 0.112 e. The predicted octanol–water partition coefficient (Wildman–Crippen LogP) is 0.742. The zero-order chi connectivity index (χ0) is 9.15. The van der Waals surface area contributed by atoms with E-state index in [1.807, 2.05) is 18.2 Å². The molecule has 0 radical (unpaired) electrons. The van der Waals surface area contributed by atoms with Gasteiger partial charge in [-0.2, -0.15) is 0 Å². The van der Waals surface area contributed by atoms with Crippen molar-refractivity contribution in [3.63, 3.8) is 0 Å². The van der Waals surface area contributed by atoms with E-state index < -0.39 is 6.08 Å². The van der Waals surface area contributed by atoms with Gasteiger partial charge in [0.25, 0.3) is 0 Å². The largest absolute Gasteiger partial charge is 0.369 e. The summed E-state index contributed by atoms with van der Waals surface area (Å²) in [5, 5.41) is 3.12. The molecule has 0 aliphatic carbocycles. The van der Waals surface area contributed by atoms with Crippen molar-refractivity contribution in [3.8, 4) is 0 Å². The van der Waals surface area contributed by atoms with Gasteiger partial charge in [-0.05, 0) is 12.1 Å². The Bertz CT molecular complexity index is 272. The molecule has 64 valence electrons. The fraction of sp³-hybridized carbons (Fsp3) is 0.444. The van der Waals surface area contributed by atoms with E-state index in [1.165, 1.54) is 0 Å². The van der Waals surface area contributed by atoms with Crippen molar-refractivity contribution in [1.82, 2.24) is 10.3 Å². The minimum absolute atomic E-state index is 0.504. The van der Waals surface area contributed by atoms with E-state index in [2.05, 4.69) is 10.3 Å². The SMILES string of the molecule is [2H]C1(c2ccccn2)CNCCO1. The molecule has 0 amide bonds. The van der Waals surface area contributed by atoms with Crippen LogP contribution in [0, 0.1) is 0 Å². The summed E-state index contributed by atoms with van der Waals surface area (Å²) in [5.41, 5.74) is 0.669. The standard InChI is InChI=1S/C9H12N2O/c1-2-4-11-8(3-1)9-7-10-5-6-12-9/h1-4,9-10H,5-7H2/i9D. The first-order valence-electron chi connectivity index (χ1n) is 4.57. The van der Waals surface area contributed by atoms with Crippen molar-refractivity contribution >= 4 is 0 Å². The normalized spacial score (nSPS) is 31.2. The first-order chi connectivity index (χ1) is 6.31. The minimum atomic E-state index is -1.00. The summed E-state index contributed by atoms with van der Waals surface area (Å²) in [7, 11) is 0. The van der Waals surface area contributed by atoms with Crippen molar-refractivity contribution in [3.05, 3.63) is 30.1 Å². The molecule has 1 aromatic rings. The molecule has 1 aliphatic heterocycles. The van der Waals surface area contributed by atoms with Crippen molar-refractivity contribution in [2.24, 2.45) is 0 Å². The number of hydrogen-bond donors (Lipinski definition) is 1. The Kier molecular flexibility index (Phi) is 2.00. The molecule has 0 bridgehead atoms. The van der Waals surface area contributed by atoms with E-state index in [9.17, 15) is 0 Å². The average Bonchev–Trinajstić information content (AvgIpc) is 2.20. The molecular formula is C9H12N2O. The third-order valence-corrected chi connectivity index (χ3v) is 1.79. The number of nitrogens with one attached hydrogen (secondary N) is 1. The molecule has 0 spiro atoms. The molecule has 12 heavy (non-hydrogen) atoms. The second-order valence-electron chi connectivity index (χ2n) is 2.66. The lowest BCUT2D eigenvalue weighted by atomic mass is 10.2. The summed E-state index contributed by atoms with van der Waals surface area (Å²) in [4.78, 5) is 4.12. The van der Waals surface area contributed by atoms with Gasteiger partial charge in [0.05, 0.1) is 13.7 Å². The fourth-order valence-electron chi connectivity index (χ4n) is 1.19. The van der Waals surface area contributed by atoms with Gasteiger partial charge in [0, 0.05) is 19.3 Å².